The van der Waals surface area contributed by atoms with E-state index in [0.29, 0.717) is 6.42 Å². The molecule has 5 nitrogen and oxygen atoms in total. The van der Waals surface area contributed by atoms with Crippen LogP contribution in [0.5, 0.6) is 0 Å². The SMILES string of the molecule is CC(C)=CCC[C@@]1(C)OC(=O)N(C2CC(C)(C)[NH2+]C(C)(C)C2)[C@]1(C)O. The number of allylic oxidation sites excluding steroid dienone is 2. The summed E-state index contributed by atoms with van der Waals surface area (Å²) >= 11 is 0. The number of ether oxygens (including phenoxy) is 1. The Morgan fingerprint density at radius 3 is 2.20 bits per heavy atom. The molecule has 25 heavy (non-hydrogen) atoms. The molecule has 0 unspecified atom stereocenters. The Morgan fingerprint density at radius 1 is 1.20 bits per heavy atom. The van der Waals surface area contributed by atoms with Gasteiger partial charge in [-0.05, 0) is 68.2 Å². The van der Waals surface area contributed by atoms with Crippen molar-refractivity contribution in [3.8, 4) is 0 Å². The lowest BCUT2D eigenvalue weighted by Crippen LogP contribution is -3.06. The van der Waals surface area contributed by atoms with Crippen LogP contribution in [0.2, 0.25) is 0 Å². The number of piperidine rings is 1. The van der Waals surface area contributed by atoms with Crippen LogP contribution in [0.25, 0.3) is 0 Å². The van der Waals surface area contributed by atoms with Gasteiger partial charge in [0.2, 0.25) is 0 Å². The minimum atomic E-state index is -1.31. The molecule has 0 radical (unpaired) electrons. The summed E-state index contributed by atoms with van der Waals surface area (Å²) in [6.45, 7) is 16.5. The molecule has 2 aliphatic heterocycles. The Kier molecular flexibility index (Phi) is 5.08. The zero-order valence-corrected chi connectivity index (χ0v) is 17.3. The first-order valence-electron chi connectivity index (χ1n) is 9.44. The van der Waals surface area contributed by atoms with Gasteiger partial charge in [0.15, 0.2) is 11.3 Å². The number of carbonyl (C=O) groups is 1. The van der Waals surface area contributed by atoms with Gasteiger partial charge >= 0.3 is 6.09 Å². The lowest BCUT2D eigenvalue weighted by Gasteiger charge is -2.48. The fraction of sp³-hybridized carbons (Fsp3) is 0.850. The van der Waals surface area contributed by atoms with Gasteiger partial charge in [0.05, 0.1) is 11.1 Å². The van der Waals surface area contributed by atoms with Gasteiger partial charge in [-0.2, -0.15) is 0 Å². The maximum atomic E-state index is 12.7. The molecule has 0 aromatic rings. The zero-order valence-electron chi connectivity index (χ0n) is 17.3. The molecule has 2 atom stereocenters. The van der Waals surface area contributed by atoms with Crippen molar-refractivity contribution in [1.82, 2.24) is 4.90 Å². The number of nitrogens with zero attached hydrogens (tertiary/aromatic N) is 1. The highest BCUT2D eigenvalue weighted by molar-refractivity contribution is 5.72. The number of hydrogen-bond donors (Lipinski definition) is 2. The molecule has 3 N–H and O–H groups in total. The molecule has 2 saturated heterocycles. The summed E-state index contributed by atoms with van der Waals surface area (Å²) in [4.78, 5) is 14.4. The third-order valence-corrected chi connectivity index (χ3v) is 5.82. The molecule has 0 bridgehead atoms. The maximum absolute atomic E-state index is 12.7. The first-order chi connectivity index (χ1) is 11.2. The molecular weight excluding hydrogens is 316 g/mol. The highest BCUT2D eigenvalue weighted by Crippen LogP contribution is 2.44. The molecular formula is C20H37N2O3+. The number of aliphatic hydroxyl groups is 1. The maximum Gasteiger partial charge on any atom is 0.413 e. The Morgan fingerprint density at radius 2 is 1.72 bits per heavy atom. The Labute approximate surface area is 152 Å². The summed E-state index contributed by atoms with van der Waals surface area (Å²) in [5.74, 6) is 0. The second kappa shape index (κ2) is 6.27. The molecule has 0 aliphatic carbocycles. The smallest absolute Gasteiger partial charge is 0.413 e. The summed E-state index contributed by atoms with van der Waals surface area (Å²) < 4.78 is 5.75. The largest absolute Gasteiger partial charge is 0.438 e. The van der Waals surface area contributed by atoms with Crippen molar-refractivity contribution in [2.24, 2.45) is 0 Å². The molecule has 2 rings (SSSR count). The van der Waals surface area contributed by atoms with Gasteiger partial charge in [-0.1, -0.05) is 11.6 Å². The van der Waals surface area contributed by atoms with Crippen LogP contribution in [0.15, 0.2) is 11.6 Å². The molecule has 0 aromatic heterocycles. The lowest BCUT2D eigenvalue weighted by molar-refractivity contribution is -0.788. The van der Waals surface area contributed by atoms with Crippen LogP contribution in [-0.4, -0.2) is 44.5 Å². The van der Waals surface area contributed by atoms with Crippen molar-refractivity contribution in [2.45, 2.75) is 110 Å². The average molecular weight is 354 g/mol. The van der Waals surface area contributed by atoms with E-state index in [-0.39, 0.29) is 23.2 Å². The fourth-order valence-electron chi connectivity index (χ4n) is 4.84. The lowest BCUT2D eigenvalue weighted by atomic mass is 9.77. The highest BCUT2D eigenvalue weighted by atomic mass is 16.6. The van der Waals surface area contributed by atoms with Gasteiger partial charge in [-0.15, -0.1) is 0 Å². The van der Waals surface area contributed by atoms with E-state index in [0.717, 1.165) is 19.3 Å². The first kappa shape index (κ1) is 20.2. The van der Waals surface area contributed by atoms with Crippen LogP contribution in [0.1, 0.15) is 81.1 Å². The number of nitrogens with two attached hydrogens (primary N) is 1. The van der Waals surface area contributed by atoms with Crippen molar-refractivity contribution in [2.75, 3.05) is 0 Å². The van der Waals surface area contributed by atoms with Gasteiger partial charge in [-0.3, -0.25) is 4.90 Å². The molecule has 0 saturated carbocycles. The monoisotopic (exact) mass is 353 g/mol. The van der Waals surface area contributed by atoms with Gasteiger partial charge in [0, 0.05) is 18.9 Å². The first-order valence-corrected chi connectivity index (χ1v) is 9.44. The normalized spacial score (nSPS) is 34.8. The molecule has 2 aliphatic rings. The Bertz CT molecular complexity index is 545. The summed E-state index contributed by atoms with van der Waals surface area (Å²) in [6.07, 6.45) is 4.81. The van der Waals surface area contributed by atoms with Gasteiger partial charge < -0.3 is 15.2 Å². The van der Waals surface area contributed by atoms with E-state index in [1.807, 2.05) is 6.92 Å². The van der Waals surface area contributed by atoms with Crippen molar-refractivity contribution < 1.29 is 20.0 Å². The molecule has 1 amide bonds. The predicted octanol–water partition coefficient (Wildman–Crippen LogP) is 2.94. The molecule has 5 heteroatoms. The molecule has 0 spiro atoms. The van der Waals surface area contributed by atoms with Crippen molar-refractivity contribution in [3.63, 3.8) is 0 Å². The van der Waals surface area contributed by atoms with Gasteiger partial charge in [0.1, 0.15) is 0 Å². The average Bonchev–Trinajstić information content (AvgIpc) is 2.50. The molecule has 144 valence electrons. The number of cyclic esters (lactones) is 1. The summed E-state index contributed by atoms with van der Waals surface area (Å²) in [5, 5.41) is 13.7. The van der Waals surface area contributed by atoms with Crippen LogP contribution < -0.4 is 5.32 Å². The van der Waals surface area contributed by atoms with Gasteiger partial charge in [0.25, 0.3) is 0 Å². The Balaban J connectivity index is 2.26. The van der Waals surface area contributed by atoms with Crippen molar-refractivity contribution in [1.29, 1.82) is 0 Å². The zero-order chi connectivity index (χ0) is 19.3. The summed E-state index contributed by atoms with van der Waals surface area (Å²) in [7, 11) is 0. The van der Waals surface area contributed by atoms with Gasteiger partial charge in [-0.25, -0.2) is 4.79 Å². The molecule has 0 aromatic carbocycles. The van der Waals surface area contributed by atoms with Crippen LogP contribution in [0.3, 0.4) is 0 Å². The highest BCUT2D eigenvalue weighted by Gasteiger charge is 2.62. The van der Waals surface area contributed by atoms with E-state index in [1.54, 1.807) is 11.8 Å². The topological polar surface area (TPSA) is 66.4 Å². The number of quaternary nitrogens is 1. The van der Waals surface area contributed by atoms with E-state index in [2.05, 4.69) is 52.9 Å². The predicted molar refractivity (Wildman–Crippen MR) is 99.1 cm³/mol. The standard InChI is InChI=1S/C20H36N2O3/c1-14(2)10-9-11-19(7)20(8,24)22(16(23)25-19)15-12-17(3,4)21-18(5,6)13-15/h10,15,21,24H,9,11-13H2,1-8H3/p+1/t19-,20-/m1/s1. The number of hydrogen-bond acceptors (Lipinski definition) is 3. The minimum Gasteiger partial charge on any atom is -0.438 e. The van der Waals surface area contributed by atoms with Crippen LogP contribution >= 0.6 is 0 Å². The molecule has 2 fully saturated rings. The quantitative estimate of drug-likeness (QED) is 0.764. The van der Waals surface area contributed by atoms with E-state index in [9.17, 15) is 9.90 Å². The Hall–Kier alpha value is -1.07. The summed E-state index contributed by atoms with van der Waals surface area (Å²) in [5.41, 5.74) is -0.942. The number of carbonyl (C=O) groups excluding carboxylic acids is 1. The van der Waals surface area contributed by atoms with Crippen molar-refractivity contribution in [3.05, 3.63) is 11.6 Å². The third-order valence-electron chi connectivity index (χ3n) is 5.82. The summed E-state index contributed by atoms with van der Waals surface area (Å²) in [6, 6.07) is -0.0252. The van der Waals surface area contributed by atoms with Crippen LogP contribution in [0, 0.1) is 0 Å². The number of amides is 1. The third kappa shape index (κ3) is 4.03. The second-order valence-electron chi connectivity index (χ2n) is 9.99. The van der Waals surface area contributed by atoms with E-state index < -0.39 is 11.3 Å². The second-order valence-corrected chi connectivity index (χ2v) is 9.99. The van der Waals surface area contributed by atoms with Crippen molar-refractivity contribution >= 4 is 6.09 Å². The fourth-order valence-corrected chi connectivity index (χ4v) is 4.84. The molecule has 2 heterocycles. The van der Waals surface area contributed by atoms with E-state index in [4.69, 9.17) is 4.74 Å². The minimum absolute atomic E-state index is 0.0177. The number of rotatable bonds is 4. The van der Waals surface area contributed by atoms with Crippen LogP contribution in [0.4, 0.5) is 4.79 Å². The van der Waals surface area contributed by atoms with E-state index >= 15 is 0 Å². The van der Waals surface area contributed by atoms with E-state index in [1.165, 1.54) is 5.57 Å². The van der Waals surface area contributed by atoms with Crippen LogP contribution in [-0.2, 0) is 4.74 Å².